The lowest BCUT2D eigenvalue weighted by molar-refractivity contribution is 0.0552. The number of urea groups is 1. The average molecular weight is 414 g/mol. The first kappa shape index (κ1) is 18.9. The monoisotopic (exact) mass is 414 g/mol. The highest BCUT2D eigenvalue weighted by molar-refractivity contribution is 7.91. The molecule has 2 aromatic rings. The summed E-state index contributed by atoms with van der Waals surface area (Å²) in [6, 6.07) is -1.05. The Kier molecular flexibility index (Phi) is 4.62. The summed E-state index contributed by atoms with van der Waals surface area (Å²) in [6.45, 7) is -3.14. The van der Waals surface area contributed by atoms with Crippen LogP contribution in [0.25, 0.3) is 0 Å². The molecule has 3 N–H and O–H groups in total. The Morgan fingerprint density at radius 2 is 1.82 bits per heavy atom. The Bertz CT molecular complexity index is 1060. The molecule has 0 saturated heterocycles. The average Bonchev–Trinajstić information content (AvgIpc) is 3.32. The molecule has 0 bridgehead atoms. The topological polar surface area (TPSA) is 115 Å². The minimum Gasteiger partial charge on any atom is -0.305 e. The first-order valence-corrected chi connectivity index (χ1v) is 10.3. The molecule has 2 amide bonds. The van der Waals surface area contributed by atoms with E-state index in [1.165, 1.54) is 0 Å². The third-order valence-corrected chi connectivity index (χ3v) is 6.10. The maximum absolute atomic E-state index is 13.8. The van der Waals surface area contributed by atoms with Crippen molar-refractivity contribution in [3.05, 3.63) is 34.5 Å². The highest BCUT2D eigenvalue weighted by atomic mass is 32.2. The number of nitrogens with two attached hydrogens (primary N) is 1. The van der Waals surface area contributed by atoms with Crippen LogP contribution in [0.1, 0.15) is 41.9 Å². The van der Waals surface area contributed by atoms with Gasteiger partial charge in [0, 0.05) is 11.4 Å². The van der Waals surface area contributed by atoms with Gasteiger partial charge >= 0.3 is 12.6 Å². The molecule has 0 aromatic carbocycles. The molecule has 0 saturated carbocycles. The maximum Gasteiger partial charge on any atom is 0.354 e. The lowest BCUT2D eigenvalue weighted by Crippen LogP contribution is -2.20. The van der Waals surface area contributed by atoms with E-state index in [0.717, 1.165) is 61.0 Å². The van der Waals surface area contributed by atoms with Crippen molar-refractivity contribution >= 4 is 21.6 Å². The fourth-order valence-electron chi connectivity index (χ4n) is 3.68. The van der Waals surface area contributed by atoms with E-state index in [0.29, 0.717) is 11.9 Å². The molecule has 2 heterocycles. The molecule has 1 atom stereocenters. The predicted molar refractivity (Wildman–Crippen MR) is 93.8 cm³/mol. The molecule has 0 fully saturated rings. The Morgan fingerprint density at radius 1 is 1.21 bits per heavy atom. The van der Waals surface area contributed by atoms with Crippen LogP contribution >= 0.6 is 0 Å². The lowest BCUT2D eigenvalue weighted by Gasteiger charge is -2.14. The van der Waals surface area contributed by atoms with Crippen molar-refractivity contribution in [1.82, 2.24) is 14.8 Å². The Hall–Kier alpha value is -2.47. The molecule has 150 valence electrons. The number of carbonyl (C=O) groups excluding carboxylic acids is 1. The third kappa shape index (κ3) is 3.26. The number of anilines is 1. The van der Waals surface area contributed by atoms with Gasteiger partial charge in [-0.1, -0.05) is 0 Å². The van der Waals surface area contributed by atoms with Gasteiger partial charge in [0.05, 0.1) is 11.9 Å². The largest absolute Gasteiger partial charge is 0.354 e. The molecule has 12 heteroatoms. The summed E-state index contributed by atoms with van der Waals surface area (Å²) in [6.07, 6.45) is 5.29. The number of aromatic nitrogens is 3. The molecular formula is C16H17F3N6O2S. The van der Waals surface area contributed by atoms with Crippen molar-refractivity contribution in [3.63, 3.8) is 0 Å². The van der Waals surface area contributed by atoms with Crippen molar-refractivity contribution in [3.8, 4) is 0 Å². The quantitative estimate of drug-likeness (QED) is 0.803. The second-order valence-corrected chi connectivity index (χ2v) is 8.38. The molecule has 2 aliphatic carbocycles. The highest BCUT2D eigenvalue weighted by Crippen LogP contribution is 2.36. The molecule has 0 aliphatic heterocycles. The summed E-state index contributed by atoms with van der Waals surface area (Å²) < 4.78 is 54.9. The lowest BCUT2D eigenvalue weighted by atomic mass is 10.1. The molecule has 0 radical (unpaired) electrons. The number of amides is 2. The van der Waals surface area contributed by atoms with Gasteiger partial charge in [-0.25, -0.2) is 23.2 Å². The summed E-state index contributed by atoms with van der Waals surface area (Å²) >= 11 is 0. The fraction of sp³-hybridized carbons (Fsp3) is 0.438. The summed E-state index contributed by atoms with van der Waals surface area (Å²) in [5.41, 5.74) is 4.27. The number of nitrogens with zero attached hydrogens (tertiary/aromatic N) is 4. The number of fused-ring (bicyclic) bond motifs is 2. The Balaban J connectivity index is 1.68. The summed E-state index contributed by atoms with van der Waals surface area (Å²) in [5.74, 6) is -1.32. The Labute approximate surface area is 158 Å². The van der Waals surface area contributed by atoms with Gasteiger partial charge in [0.15, 0.2) is 15.7 Å². The SMILES string of the molecule is N[S@@](=O)(=NC(=O)Nc1c2c(nc3c1CCC3)CCC2)c1nn(C(F)F)cc1F. The molecule has 2 aromatic heterocycles. The number of hydrogen-bond acceptors (Lipinski definition) is 4. The van der Waals surface area contributed by atoms with Crippen LogP contribution in [0.15, 0.2) is 15.6 Å². The van der Waals surface area contributed by atoms with Gasteiger partial charge in [0.25, 0.3) is 0 Å². The van der Waals surface area contributed by atoms with E-state index < -0.39 is 33.3 Å². The first-order valence-electron chi connectivity index (χ1n) is 8.68. The van der Waals surface area contributed by atoms with Crippen LogP contribution in [0.5, 0.6) is 0 Å². The third-order valence-electron chi connectivity index (χ3n) is 4.83. The molecule has 0 unspecified atom stereocenters. The van der Waals surface area contributed by atoms with Crippen LogP contribution < -0.4 is 10.5 Å². The fourth-order valence-corrected chi connectivity index (χ4v) is 4.61. The molecule has 2 aliphatic rings. The van der Waals surface area contributed by atoms with Crippen LogP contribution in [0.3, 0.4) is 0 Å². The van der Waals surface area contributed by atoms with Crippen molar-refractivity contribution in [2.45, 2.75) is 50.1 Å². The van der Waals surface area contributed by atoms with E-state index in [2.05, 4.69) is 19.8 Å². The summed E-state index contributed by atoms with van der Waals surface area (Å²) in [5, 5.41) is 10.2. The Morgan fingerprint density at radius 3 is 2.36 bits per heavy atom. The number of halogens is 3. The molecule has 28 heavy (non-hydrogen) atoms. The molecule has 4 rings (SSSR count). The molecular weight excluding hydrogens is 397 g/mol. The zero-order chi connectivity index (χ0) is 20.1. The van der Waals surface area contributed by atoms with Gasteiger partial charge in [-0.15, -0.1) is 4.36 Å². The number of alkyl halides is 2. The predicted octanol–water partition coefficient (Wildman–Crippen LogP) is 2.72. The normalized spacial score (nSPS) is 17.3. The van der Waals surface area contributed by atoms with Crippen molar-refractivity contribution in [2.75, 3.05) is 5.32 Å². The van der Waals surface area contributed by atoms with Gasteiger partial charge in [-0.3, -0.25) is 4.98 Å². The zero-order valence-corrected chi connectivity index (χ0v) is 15.4. The molecule has 8 nitrogen and oxygen atoms in total. The molecule has 0 spiro atoms. The van der Waals surface area contributed by atoms with E-state index in [-0.39, 0.29) is 4.68 Å². The van der Waals surface area contributed by atoms with Crippen LogP contribution in [0.2, 0.25) is 0 Å². The maximum atomic E-state index is 13.8. The van der Waals surface area contributed by atoms with Crippen molar-refractivity contribution in [2.24, 2.45) is 9.50 Å². The van der Waals surface area contributed by atoms with E-state index in [1.54, 1.807) is 0 Å². The summed E-state index contributed by atoms with van der Waals surface area (Å²) in [7, 11) is -4.14. The van der Waals surface area contributed by atoms with Crippen molar-refractivity contribution in [1.29, 1.82) is 0 Å². The highest BCUT2D eigenvalue weighted by Gasteiger charge is 2.27. The van der Waals surface area contributed by atoms with Gasteiger partial charge < -0.3 is 5.32 Å². The number of aryl methyl sites for hydroxylation is 2. The number of nitrogens with one attached hydrogen (secondary N) is 1. The second-order valence-electron chi connectivity index (χ2n) is 6.67. The van der Waals surface area contributed by atoms with Gasteiger partial charge in [-0.05, 0) is 49.7 Å². The van der Waals surface area contributed by atoms with E-state index >= 15 is 0 Å². The van der Waals surface area contributed by atoms with Crippen LogP contribution in [0.4, 0.5) is 23.7 Å². The zero-order valence-electron chi connectivity index (χ0n) is 14.6. The van der Waals surface area contributed by atoms with E-state index in [1.807, 2.05) is 0 Å². The minimum absolute atomic E-state index is 0.0345. The smallest absolute Gasteiger partial charge is 0.305 e. The van der Waals surface area contributed by atoms with E-state index in [4.69, 9.17) is 5.14 Å². The minimum atomic E-state index is -4.14. The van der Waals surface area contributed by atoms with Crippen LogP contribution in [0, 0.1) is 5.82 Å². The number of rotatable bonds is 3. The van der Waals surface area contributed by atoms with E-state index in [9.17, 15) is 22.2 Å². The number of carbonyl (C=O) groups is 1. The first-order chi connectivity index (χ1) is 13.3. The van der Waals surface area contributed by atoms with Crippen LogP contribution in [-0.4, -0.2) is 25.0 Å². The van der Waals surface area contributed by atoms with Crippen LogP contribution in [-0.2, 0) is 35.6 Å². The standard InChI is InChI=1S/C16H17F3N6O2S/c17-10-7-25(15(18)19)23-14(10)28(20,27)24-16(26)22-13-8-3-1-5-11(8)21-12-6-2-4-9(12)13/h7,15H,1-6H2,(H3,20,21,22,24,26,27)/t28-/m1/s1. The van der Waals surface area contributed by atoms with Gasteiger partial charge in [-0.2, -0.15) is 13.9 Å². The number of hydrogen-bond donors (Lipinski definition) is 2. The second kappa shape index (κ2) is 6.85. The summed E-state index contributed by atoms with van der Waals surface area (Å²) in [4.78, 5) is 17.0. The van der Waals surface area contributed by atoms with Crippen molar-refractivity contribution < 1.29 is 22.2 Å². The van der Waals surface area contributed by atoms with Gasteiger partial charge in [0.1, 0.15) is 0 Å². The van der Waals surface area contributed by atoms with Gasteiger partial charge in [0.2, 0.25) is 5.03 Å². The number of pyridine rings is 1.